The van der Waals surface area contributed by atoms with Gasteiger partial charge in [-0.2, -0.15) is 0 Å². The van der Waals surface area contributed by atoms with E-state index in [9.17, 15) is 9.59 Å². The number of rotatable bonds is 7. The van der Waals surface area contributed by atoms with E-state index in [1.165, 1.54) is 16.8 Å². The maximum Gasteiger partial charge on any atom is 0.240 e. The van der Waals surface area contributed by atoms with Gasteiger partial charge in [0, 0.05) is 29.1 Å². The van der Waals surface area contributed by atoms with Gasteiger partial charge >= 0.3 is 0 Å². The SMILES string of the molecule is Cc1cccc(CNC(=O)Cn2c3c(c4ccccc42)CC(C(=O)NCc2ccco2)CC3)c1. The van der Waals surface area contributed by atoms with Crippen LogP contribution in [-0.2, 0) is 42.1 Å². The summed E-state index contributed by atoms with van der Waals surface area (Å²) in [5, 5.41) is 7.20. The molecule has 2 aromatic heterocycles. The van der Waals surface area contributed by atoms with Gasteiger partial charge in [-0.15, -0.1) is 0 Å². The molecule has 0 aliphatic heterocycles. The first-order valence-electron chi connectivity index (χ1n) is 11.8. The molecule has 1 unspecified atom stereocenters. The third kappa shape index (κ3) is 4.62. The predicted molar refractivity (Wildman–Crippen MR) is 131 cm³/mol. The fourth-order valence-electron chi connectivity index (χ4n) is 4.96. The minimum atomic E-state index is -0.0862. The molecule has 1 aliphatic rings. The molecule has 0 bridgehead atoms. The fourth-order valence-corrected chi connectivity index (χ4v) is 4.96. The summed E-state index contributed by atoms with van der Waals surface area (Å²) < 4.78 is 7.46. The third-order valence-corrected chi connectivity index (χ3v) is 6.64. The normalized spacial score (nSPS) is 15.1. The zero-order chi connectivity index (χ0) is 23.5. The number of fused-ring (bicyclic) bond motifs is 3. The second kappa shape index (κ2) is 9.59. The first-order chi connectivity index (χ1) is 16.6. The van der Waals surface area contributed by atoms with Crippen molar-refractivity contribution in [1.29, 1.82) is 0 Å². The van der Waals surface area contributed by atoms with Crippen LogP contribution >= 0.6 is 0 Å². The number of aryl methyl sites for hydroxylation is 1. The molecule has 0 radical (unpaired) electrons. The number of benzene rings is 2. The van der Waals surface area contributed by atoms with Crippen LogP contribution in [0.5, 0.6) is 0 Å². The Morgan fingerprint density at radius 3 is 2.74 bits per heavy atom. The van der Waals surface area contributed by atoms with E-state index in [0.717, 1.165) is 35.1 Å². The summed E-state index contributed by atoms with van der Waals surface area (Å²) >= 11 is 0. The summed E-state index contributed by atoms with van der Waals surface area (Å²) in [4.78, 5) is 25.7. The molecule has 0 saturated carbocycles. The van der Waals surface area contributed by atoms with Crippen molar-refractivity contribution in [1.82, 2.24) is 15.2 Å². The number of carbonyl (C=O) groups is 2. The summed E-state index contributed by atoms with van der Waals surface area (Å²) in [5.41, 5.74) is 5.68. The lowest BCUT2D eigenvalue weighted by Gasteiger charge is -2.23. The highest BCUT2D eigenvalue weighted by Crippen LogP contribution is 2.34. The van der Waals surface area contributed by atoms with Crippen molar-refractivity contribution in [3.63, 3.8) is 0 Å². The topological polar surface area (TPSA) is 76.3 Å². The zero-order valence-corrected chi connectivity index (χ0v) is 19.3. The molecule has 1 aliphatic carbocycles. The Morgan fingerprint density at radius 1 is 1.03 bits per heavy atom. The van der Waals surface area contributed by atoms with Gasteiger partial charge in [0.1, 0.15) is 12.3 Å². The molecule has 2 N–H and O–H groups in total. The average molecular weight is 456 g/mol. The zero-order valence-electron chi connectivity index (χ0n) is 19.3. The van der Waals surface area contributed by atoms with Crippen LogP contribution in [0.3, 0.4) is 0 Å². The Morgan fingerprint density at radius 2 is 1.91 bits per heavy atom. The van der Waals surface area contributed by atoms with Gasteiger partial charge in [0.05, 0.1) is 12.8 Å². The lowest BCUT2D eigenvalue weighted by molar-refractivity contribution is -0.125. The quantitative estimate of drug-likeness (QED) is 0.437. The monoisotopic (exact) mass is 455 g/mol. The Hall–Kier alpha value is -3.80. The maximum absolute atomic E-state index is 12.9. The Kier molecular flexibility index (Phi) is 6.21. The predicted octanol–water partition coefficient (Wildman–Crippen LogP) is 4.28. The van der Waals surface area contributed by atoms with Crippen LogP contribution in [-0.4, -0.2) is 16.4 Å². The molecule has 6 heteroatoms. The average Bonchev–Trinajstić information content (AvgIpc) is 3.48. The highest BCUT2D eigenvalue weighted by molar-refractivity contribution is 5.89. The first-order valence-corrected chi connectivity index (χ1v) is 11.8. The van der Waals surface area contributed by atoms with Crippen LogP contribution in [0.2, 0.25) is 0 Å². The highest BCUT2D eigenvalue weighted by atomic mass is 16.3. The van der Waals surface area contributed by atoms with Crippen molar-refractivity contribution in [2.45, 2.75) is 45.8 Å². The first kappa shape index (κ1) is 22.0. The Labute approximate surface area is 199 Å². The summed E-state index contributed by atoms with van der Waals surface area (Å²) in [5.74, 6) is 0.702. The van der Waals surface area contributed by atoms with E-state index in [4.69, 9.17) is 4.42 Å². The summed E-state index contributed by atoms with van der Waals surface area (Å²) in [7, 11) is 0. The minimum Gasteiger partial charge on any atom is -0.467 e. The number of nitrogens with one attached hydrogen (secondary N) is 2. The number of furan rings is 1. The smallest absolute Gasteiger partial charge is 0.240 e. The van der Waals surface area contributed by atoms with Gasteiger partial charge < -0.3 is 19.6 Å². The molecule has 6 nitrogen and oxygen atoms in total. The molecule has 0 fully saturated rings. The van der Waals surface area contributed by atoms with Crippen molar-refractivity contribution in [3.8, 4) is 0 Å². The van der Waals surface area contributed by atoms with Gasteiger partial charge in [-0.05, 0) is 55.5 Å². The van der Waals surface area contributed by atoms with Crippen LogP contribution in [0.25, 0.3) is 10.9 Å². The molecule has 34 heavy (non-hydrogen) atoms. The van der Waals surface area contributed by atoms with Crippen molar-refractivity contribution in [2.75, 3.05) is 0 Å². The number of hydrogen-bond acceptors (Lipinski definition) is 3. The van der Waals surface area contributed by atoms with E-state index >= 15 is 0 Å². The number of carbonyl (C=O) groups excluding carboxylic acids is 2. The largest absolute Gasteiger partial charge is 0.467 e. The molecular weight excluding hydrogens is 426 g/mol. The van der Waals surface area contributed by atoms with Crippen LogP contribution in [0, 0.1) is 12.8 Å². The Bertz CT molecular complexity index is 1320. The third-order valence-electron chi connectivity index (χ3n) is 6.64. The van der Waals surface area contributed by atoms with Crippen molar-refractivity contribution >= 4 is 22.7 Å². The Balaban J connectivity index is 1.31. The molecule has 2 heterocycles. The number of nitrogens with zero attached hydrogens (tertiary/aromatic N) is 1. The van der Waals surface area contributed by atoms with Crippen molar-refractivity contribution < 1.29 is 14.0 Å². The van der Waals surface area contributed by atoms with Crippen LogP contribution in [0.15, 0.2) is 71.3 Å². The van der Waals surface area contributed by atoms with Gasteiger partial charge in [-0.1, -0.05) is 48.0 Å². The maximum atomic E-state index is 12.9. The van der Waals surface area contributed by atoms with E-state index in [1.807, 2.05) is 49.4 Å². The molecule has 0 saturated heterocycles. The molecule has 5 rings (SSSR count). The highest BCUT2D eigenvalue weighted by Gasteiger charge is 2.29. The number of amides is 2. The summed E-state index contributed by atoms with van der Waals surface area (Å²) in [6, 6.07) is 20.0. The van der Waals surface area contributed by atoms with Crippen molar-refractivity contribution in [3.05, 3.63) is 95.1 Å². The lowest BCUT2D eigenvalue weighted by atomic mass is 9.85. The van der Waals surface area contributed by atoms with E-state index < -0.39 is 0 Å². The van der Waals surface area contributed by atoms with E-state index in [0.29, 0.717) is 19.5 Å². The molecule has 1 atom stereocenters. The lowest BCUT2D eigenvalue weighted by Crippen LogP contribution is -2.34. The van der Waals surface area contributed by atoms with Crippen LogP contribution in [0.1, 0.15) is 34.6 Å². The minimum absolute atomic E-state index is 0.0108. The number of hydrogen-bond donors (Lipinski definition) is 2. The van der Waals surface area contributed by atoms with Gasteiger partial charge in [-0.3, -0.25) is 9.59 Å². The second-order valence-electron chi connectivity index (χ2n) is 9.03. The van der Waals surface area contributed by atoms with E-state index in [-0.39, 0.29) is 24.3 Å². The van der Waals surface area contributed by atoms with Crippen molar-refractivity contribution in [2.24, 2.45) is 5.92 Å². The van der Waals surface area contributed by atoms with E-state index in [1.54, 1.807) is 6.26 Å². The molecule has 2 amide bonds. The molecule has 4 aromatic rings. The van der Waals surface area contributed by atoms with Gasteiger partial charge in [0.25, 0.3) is 0 Å². The molecule has 2 aromatic carbocycles. The summed E-state index contributed by atoms with van der Waals surface area (Å²) in [6.45, 7) is 3.24. The molecule has 174 valence electrons. The van der Waals surface area contributed by atoms with Gasteiger partial charge in [-0.25, -0.2) is 0 Å². The summed E-state index contributed by atoms with van der Waals surface area (Å²) in [6.07, 6.45) is 3.82. The number of para-hydroxylation sites is 1. The second-order valence-corrected chi connectivity index (χ2v) is 9.03. The van der Waals surface area contributed by atoms with Crippen LogP contribution < -0.4 is 10.6 Å². The fraction of sp³-hybridized carbons (Fsp3) is 0.286. The molecular formula is C28H29N3O3. The van der Waals surface area contributed by atoms with Gasteiger partial charge in [0.15, 0.2) is 0 Å². The number of aromatic nitrogens is 1. The van der Waals surface area contributed by atoms with Crippen LogP contribution in [0.4, 0.5) is 0 Å². The molecule has 0 spiro atoms. The van der Waals surface area contributed by atoms with E-state index in [2.05, 4.69) is 33.4 Å². The standard InChI is InChI=1S/C28H29N3O3/c1-19-6-4-7-20(14-19)16-29-27(32)18-31-25-10-3-2-9-23(25)24-15-21(11-12-26(24)31)28(33)30-17-22-8-5-13-34-22/h2-10,13-14,21H,11-12,15-18H2,1H3,(H,29,32)(H,30,33). The van der Waals surface area contributed by atoms with Gasteiger partial charge in [0.2, 0.25) is 11.8 Å².